The third-order valence-corrected chi connectivity index (χ3v) is 6.03. The summed E-state index contributed by atoms with van der Waals surface area (Å²) in [7, 11) is 0. The van der Waals surface area contributed by atoms with E-state index in [9.17, 15) is 0 Å². The Balaban J connectivity index is 2.16. The molecule has 0 fully saturated rings. The van der Waals surface area contributed by atoms with Gasteiger partial charge in [0.15, 0.2) is 0 Å². The van der Waals surface area contributed by atoms with Crippen LogP contribution in [0.5, 0.6) is 0 Å². The summed E-state index contributed by atoms with van der Waals surface area (Å²) in [6, 6.07) is 21.7. The van der Waals surface area contributed by atoms with Crippen molar-refractivity contribution >= 4 is 29.5 Å². The van der Waals surface area contributed by atoms with Gasteiger partial charge in [-0.3, -0.25) is 0 Å². The maximum atomic E-state index is 2.24. The van der Waals surface area contributed by atoms with Crippen LogP contribution < -0.4 is 6.64 Å². The molecule has 0 aliphatic carbocycles. The van der Waals surface area contributed by atoms with Crippen molar-refractivity contribution in [3.63, 3.8) is 0 Å². The van der Waals surface area contributed by atoms with E-state index in [2.05, 4.69) is 60.7 Å². The van der Waals surface area contributed by atoms with Crippen LogP contribution in [-0.2, 0) is 0 Å². The van der Waals surface area contributed by atoms with E-state index in [4.69, 9.17) is 0 Å². The van der Waals surface area contributed by atoms with Crippen LogP contribution in [-0.4, -0.2) is 22.9 Å². The van der Waals surface area contributed by atoms with Gasteiger partial charge in [-0.1, -0.05) is 0 Å². The van der Waals surface area contributed by atoms with Crippen molar-refractivity contribution in [3.8, 4) is 0 Å². The van der Waals surface area contributed by atoms with E-state index in [-0.39, 0.29) is 0 Å². The normalized spacial score (nSPS) is 9.54. The molecular weight excluding hydrogens is 259 g/mol. The molecule has 0 aliphatic rings. The van der Waals surface area contributed by atoms with Crippen molar-refractivity contribution in [1.29, 1.82) is 0 Å². The molecule has 0 atom stereocenters. The van der Waals surface area contributed by atoms with Crippen molar-refractivity contribution in [2.45, 2.75) is 0 Å². The molecule has 13 heavy (non-hydrogen) atoms. The van der Waals surface area contributed by atoms with Crippen LogP contribution >= 0.6 is 0 Å². The fourth-order valence-corrected chi connectivity index (χ4v) is 4.76. The summed E-state index contributed by atoms with van der Waals surface area (Å²) in [5.41, 5.74) is 0. The van der Waals surface area contributed by atoms with Gasteiger partial charge in [-0.15, -0.1) is 0 Å². The standard InChI is InChI=1S/2C6H5.In/c2*1-2-4-6-5-3-1;/h2*1-5H;. The van der Waals surface area contributed by atoms with Gasteiger partial charge in [0.2, 0.25) is 0 Å². The Morgan fingerprint density at radius 1 is 0.538 bits per heavy atom. The van der Waals surface area contributed by atoms with Crippen LogP contribution in [0.4, 0.5) is 0 Å². The van der Waals surface area contributed by atoms with Crippen molar-refractivity contribution in [2.24, 2.45) is 0 Å². The number of rotatable bonds is 2. The second-order valence-electron chi connectivity index (χ2n) is 2.97. The summed E-state index contributed by atoms with van der Waals surface area (Å²) in [5, 5.41) is 0. The Morgan fingerprint density at radius 3 is 1.31 bits per heavy atom. The fourth-order valence-electron chi connectivity index (χ4n) is 1.29. The first-order chi connectivity index (χ1) is 6.45. The van der Waals surface area contributed by atoms with Gasteiger partial charge in [-0.2, -0.15) is 0 Å². The maximum absolute atomic E-state index is 2.24. The molecule has 0 amide bonds. The molecule has 2 rings (SSSR count). The first-order valence-corrected chi connectivity index (χ1v) is 7.69. The van der Waals surface area contributed by atoms with Crippen LogP contribution in [0.25, 0.3) is 0 Å². The minimum atomic E-state index is -0.699. The van der Waals surface area contributed by atoms with Gasteiger partial charge in [-0.25, -0.2) is 0 Å². The van der Waals surface area contributed by atoms with Gasteiger partial charge in [-0.05, 0) is 0 Å². The molecule has 61 valence electrons. The molecule has 0 N–H and O–H groups in total. The predicted octanol–water partition coefficient (Wildman–Crippen LogP) is 1.34. The van der Waals surface area contributed by atoms with E-state index in [0.717, 1.165) is 0 Å². The molecule has 1 heteroatoms. The van der Waals surface area contributed by atoms with Crippen LogP contribution in [0, 0.1) is 0 Å². The molecule has 0 nitrogen and oxygen atoms in total. The quantitative estimate of drug-likeness (QED) is 0.771. The second-order valence-corrected chi connectivity index (χ2v) is 7.60. The number of benzene rings is 2. The van der Waals surface area contributed by atoms with E-state index in [0.29, 0.717) is 0 Å². The van der Waals surface area contributed by atoms with Gasteiger partial charge in [0.05, 0.1) is 0 Å². The zero-order chi connectivity index (χ0) is 8.93. The topological polar surface area (TPSA) is 0 Å². The average Bonchev–Trinajstić information content (AvgIpc) is 2.21. The zero-order valence-corrected chi connectivity index (χ0v) is 10.6. The Labute approximate surface area is 90.0 Å². The molecule has 0 spiro atoms. The number of hydrogen-bond acceptors (Lipinski definition) is 0. The molecule has 0 unspecified atom stereocenters. The van der Waals surface area contributed by atoms with Gasteiger partial charge in [0, 0.05) is 0 Å². The number of hydrogen-bond donors (Lipinski definition) is 0. The van der Waals surface area contributed by atoms with E-state index in [1.807, 2.05) is 0 Å². The van der Waals surface area contributed by atoms with Gasteiger partial charge in [0.1, 0.15) is 0 Å². The van der Waals surface area contributed by atoms with Crippen molar-refractivity contribution in [1.82, 2.24) is 0 Å². The summed E-state index contributed by atoms with van der Waals surface area (Å²) in [6.07, 6.45) is 0. The Morgan fingerprint density at radius 2 is 0.923 bits per heavy atom. The Kier molecular flexibility index (Phi) is 3.09. The van der Waals surface area contributed by atoms with E-state index < -0.39 is 22.9 Å². The Bertz CT molecular complexity index is 316. The third-order valence-electron chi connectivity index (χ3n) is 1.93. The molecule has 0 heterocycles. The SMILES string of the molecule is c1cc[c]([In][c]2ccccc2)cc1. The molecular formula is C12H10In. The van der Waals surface area contributed by atoms with Crippen LogP contribution in [0.15, 0.2) is 60.7 Å². The van der Waals surface area contributed by atoms with Gasteiger partial charge < -0.3 is 0 Å². The van der Waals surface area contributed by atoms with Crippen molar-refractivity contribution in [2.75, 3.05) is 0 Å². The molecule has 0 bridgehead atoms. The molecule has 1 radical (unpaired) electrons. The molecule has 2 aromatic carbocycles. The molecule has 0 aromatic heterocycles. The summed E-state index contributed by atoms with van der Waals surface area (Å²) in [4.78, 5) is 0. The molecule has 0 saturated heterocycles. The molecule has 0 saturated carbocycles. The third kappa shape index (κ3) is 2.63. The zero-order valence-electron chi connectivity index (χ0n) is 7.35. The first-order valence-electron chi connectivity index (χ1n) is 4.40. The van der Waals surface area contributed by atoms with Crippen LogP contribution in [0.1, 0.15) is 0 Å². The van der Waals surface area contributed by atoms with Crippen LogP contribution in [0.2, 0.25) is 0 Å². The summed E-state index contributed by atoms with van der Waals surface area (Å²) in [6.45, 7) is 0. The summed E-state index contributed by atoms with van der Waals surface area (Å²) in [5.74, 6) is 0. The summed E-state index contributed by atoms with van der Waals surface area (Å²) >= 11 is -0.699. The monoisotopic (exact) mass is 269 g/mol. The van der Waals surface area contributed by atoms with Crippen LogP contribution in [0.3, 0.4) is 0 Å². The van der Waals surface area contributed by atoms with Gasteiger partial charge in [0.25, 0.3) is 0 Å². The fraction of sp³-hybridized carbons (Fsp3) is 0. The van der Waals surface area contributed by atoms with E-state index in [1.54, 1.807) is 6.64 Å². The summed E-state index contributed by atoms with van der Waals surface area (Å²) < 4.78 is 3.12. The Hall–Kier alpha value is -0.690. The van der Waals surface area contributed by atoms with Gasteiger partial charge >= 0.3 is 90.2 Å². The first kappa shape index (κ1) is 8.89. The predicted molar refractivity (Wildman–Crippen MR) is 57.9 cm³/mol. The molecule has 0 aliphatic heterocycles. The van der Waals surface area contributed by atoms with Crippen molar-refractivity contribution in [3.05, 3.63) is 60.7 Å². The van der Waals surface area contributed by atoms with E-state index in [1.165, 1.54) is 0 Å². The van der Waals surface area contributed by atoms with Crippen molar-refractivity contribution < 1.29 is 0 Å². The average molecular weight is 269 g/mol. The minimum absolute atomic E-state index is 0.699. The van der Waals surface area contributed by atoms with E-state index >= 15 is 0 Å². The molecule has 2 aromatic rings. The second kappa shape index (κ2) is 4.52.